The number of rotatable bonds is 16. The Morgan fingerprint density at radius 2 is 1.77 bits per heavy atom. The van der Waals surface area contributed by atoms with Gasteiger partial charge in [0, 0.05) is 25.7 Å². The number of amides is 2. The fourth-order valence-electron chi connectivity index (χ4n) is 6.10. The Hall–Kier alpha value is -3.83. The molecule has 5 atom stereocenters. The normalized spacial score (nSPS) is 20.7. The monoisotopic (exact) mass is 749 g/mol. The quantitative estimate of drug-likeness (QED) is 0.212. The molecule has 288 valence electrons. The highest BCUT2D eigenvalue weighted by molar-refractivity contribution is 7.89. The number of carbonyl (C=O) groups excluding carboxylic acids is 2. The van der Waals surface area contributed by atoms with Crippen molar-refractivity contribution in [2.24, 2.45) is 11.8 Å². The zero-order valence-electron chi connectivity index (χ0n) is 30.4. The van der Waals surface area contributed by atoms with Crippen LogP contribution >= 0.6 is 0 Å². The number of alkyl carbamates (subject to hydrolysis) is 2. The molecular formula is C36H51N3O12S. The maximum Gasteiger partial charge on any atom is 0.407 e. The number of ether oxygens (including phenoxy) is 7. The molecule has 2 aromatic carbocycles. The number of hydrogen-bond donors (Lipinski definition) is 3. The second-order valence-electron chi connectivity index (χ2n) is 14.5. The van der Waals surface area contributed by atoms with Gasteiger partial charge in [0.15, 0.2) is 17.8 Å². The van der Waals surface area contributed by atoms with E-state index in [0.29, 0.717) is 49.8 Å². The van der Waals surface area contributed by atoms with Crippen LogP contribution in [-0.2, 0) is 35.4 Å². The number of benzene rings is 2. The lowest BCUT2D eigenvalue weighted by Gasteiger charge is -2.31. The minimum atomic E-state index is -4.09. The van der Waals surface area contributed by atoms with Gasteiger partial charge in [0.25, 0.3) is 0 Å². The highest BCUT2D eigenvalue weighted by atomic mass is 32.2. The van der Waals surface area contributed by atoms with Crippen LogP contribution < -0.4 is 24.8 Å². The van der Waals surface area contributed by atoms with Crippen LogP contribution in [0.4, 0.5) is 9.59 Å². The van der Waals surface area contributed by atoms with Crippen LogP contribution in [0, 0.1) is 11.8 Å². The average Bonchev–Trinajstić information content (AvgIpc) is 3.82. The van der Waals surface area contributed by atoms with E-state index >= 15 is 0 Å². The van der Waals surface area contributed by atoms with Crippen LogP contribution in [0.2, 0.25) is 0 Å². The lowest BCUT2D eigenvalue weighted by molar-refractivity contribution is -0.0907. The first-order valence-corrected chi connectivity index (χ1v) is 19.1. The molecule has 3 aliphatic heterocycles. The molecule has 0 radical (unpaired) electrons. The molecule has 0 aliphatic carbocycles. The molecule has 3 heterocycles. The summed E-state index contributed by atoms with van der Waals surface area (Å²) in [5, 5.41) is 17.2. The van der Waals surface area contributed by atoms with E-state index < -0.39 is 52.4 Å². The van der Waals surface area contributed by atoms with Gasteiger partial charge in [-0.05, 0) is 75.8 Å². The standard InChI is InChI=1S/C36H51N3O12S/c1-23(2)19-39(52(43,44)26-11-12-30-31(18-26)49-22-48-30)20-29(40)28(38-35(42)50-32-21-47-33-27(32)13-16-46-33)17-24-7-9-25(10-8-24)45-15-6-14-37-34(41)51-36(3,4)5/h7-12,18,23,27-29,32-33,40H,6,13-17,19-22H2,1-5H3,(H,37,41)(H,38,42)/t27-,28-,29+,32+,33+/m0/s1. The molecule has 0 aromatic heterocycles. The summed E-state index contributed by atoms with van der Waals surface area (Å²) < 4.78 is 67.8. The molecule has 5 rings (SSSR count). The number of nitrogens with zero attached hydrogens (tertiary/aromatic N) is 1. The van der Waals surface area contributed by atoms with Crippen LogP contribution in [0.15, 0.2) is 47.4 Å². The number of aliphatic hydroxyl groups is 1. The molecule has 0 saturated carbocycles. The van der Waals surface area contributed by atoms with Crippen LogP contribution in [0.25, 0.3) is 0 Å². The van der Waals surface area contributed by atoms with Crippen molar-refractivity contribution in [3.63, 3.8) is 0 Å². The summed E-state index contributed by atoms with van der Waals surface area (Å²) in [7, 11) is -4.09. The molecule has 0 spiro atoms. The number of fused-ring (bicyclic) bond motifs is 2. The maximum absolute atomic E-state index is 13.9. The van der Waals surface area contributed by atoms with Crippen LogP contribution in [0.5, 0.6) is 17.2 Å². The summed E-state index contributed by atoms with van der Waals surface area (Å²) in [4.78, 5) is 25.1. The molecule has 15 nitrogen and oxygen atoms in total. The zero-order chi connectivity index (χ0) is 37.5. The molecule has 52 heavy (non-hydrogen) atoms. The van der Waals surface area contributed by atoms with Crippen molar-refractivity contribution >= 4 is 22.2 Å². The van der Waals surface area contributed by atoms with Crippen molar-refractivity contribution in [2.45, 2.75) is 88.9 Å². The van der Waals surface area contributed by atoms with E-state index in [2.05, 4.69) is 10.6 Å². The van der Waals surface area contributed by atoms with Gasteiger partial charge >= 0.3 is 12.2 Å². The van der Waals surface area contributed by atoms with E-state index in [9.17, 15) is 23.1 Å². The Kier molecular flexibility index (Phi) is 13.1. The SMILES string of the molecule is CC(C)CN(C[C@@H](O)[C@H](Cc1ccc(OCCCNC(=O)OC(C)(C)C)cc1)NC(=O)O[C@@H]1CO[C@H]2OCC[C@H]21)S(=O)(=O)c1ccc2c(c1)OCO2. The highest BCUT2D eigenvalue weighted by Crippen LogP contribution is 2.35. The largest absolute Gasteiger partial charge is 0.494 e. The number of aliphatic hydroxyl groups excluding tert-OH is 1. The Balaban J connectivity index is 1.25. The first-order chi connectivity index (χ1) is 24.7. The Morgan fingerprint density at radius 1 is 1.02 bits per heavy atom. The molecule has 16 heteroatoms. The molecule has 2 amide bonds. The van der Waals surface area contributed by atoms with Gasteiger partial charge in [0.2, 0.25) is 16.8 Å². The fraction of sp³-hybridized carbons (Fsp3) is 0.611. The predicted molar refractivity (Wildman–Crippen MR) is 188 cm³/mol. The highest BCUT2D eigenvalue weighted by Gasteiger charge is 2.44. The third-order valence-corrected chi connectivity index (χ3v) is 10.4. The van der Waals surface area contributed by atoms with E-state index in [4.69, 9.17) is 33.2 Å². The van der Waals surface area contributed by atoms with Crippen molar-refractivity contribution in [2.75, 3.05) is 46.2 Å². The van der Waals surface area contributed by atoms with Gasteiger partial charge in [-0.15, -0.1) is 0 Å². The maximum atomic E-state index is 13.9. The summed E-state index contributed by atoms with van der Waals surface area (Å²) in [6, 6.07) is 10.6. The molecule has 0 unspecified atom stereocenters. The number of nitrogens with one attached hydrogen (secondary N) is 2. The van der Waals surface area contributed by atoms with Gasteiger partial charge < -0.3 is 48.9 Å². The van der Waals surface area contributed by atoms with Crippen molar-refractivity contribution in [1.29, 1.82) is 0 Å². The van der Waals surface area contributed by atoms with E-state index in [1.54, 1.807) is 39.0 Å². The molecule has 2 saturated heterocycles. The lowest BCUT2D eigenvalue weighted by Crippen LogP contribution is -2.51. The Labute approximate surface area is 305 Å². The van der Waals surface area contributed by atoms with Gasteiger partial charge in [0.1, 0.15) is 17.5 Å². The van der Waals surface area contributed by atoms with Crippen LogP contribution in [-0.4, -0.2) is 106 Å². The van der Waals surface area contributed by atoms with E-state index in [0.717, 1.165) is 5.56 Å². The van der Waals surface area contributed by atoms with Crippen molar-refractivity contribution < 1.29 is 56.3 Å². The lowest BCUT2D eigenvalue weighted by atomic mass is 10.0. The molecule has 3 aliphatic rings. The summed E-state index contributed by atoms with van der Waals surface area (Å²) in [6.45, 7) is 10.4. The second-order valence-corrected chi connectivity index (χ2v) is 16.4. The minimum Gasteiger partial charge on any atom is -0.494 e. The molecule has 3 N–H and O–H groups in total. The Morgan fingerprint density at radius 3 is 2.50 bits per heavy atom. The van der Waals surface area contributed by atoms with E-state index in [1.165, 1.54) is 16.4 Å². The van der Waals surface area contributed by atoms with Crippen LogP contribution in [0.1, 0.15) is 53.0 Å². The van der Waals surface area contributed by atoms with Gasteiger partial charge in [-0.25, -0.2) is 18.0 Å². The smallest absolute Gasteiger partial charge is 0.407 e. The van der Waals surface area contributed by atoms with Crippen molar-refractivity contribution in [3.8, 4) is 17.2 Å². The fourth-order valence-corrected chi connectivity index (χ4v) is 7.73. The molecule has 2 fully saturated rings. The van der Waals surface area contributed by atoms with E-state index in [-0.39, 0.29) is 49.6 Å². The summed E-state index contributed by atoms with van der Waals surface area (Å²) in [6.07, 6.45) is -2.07. The molecular weight excluding hydrogens is 698 g/mol. The van der Waals surface area contributed by atoms with Gasteiger partial charge in [-0.1, -0.05) is 26.0 Å². The summed E-state index contributed by atoms with van der Waals surface area (Å²) in [5.74, 6) is 1.22. The number of sulfonamides is 1. The first-order valence-electron chi connectivity index (χ1n) is 17.6. The predicted octanol–water partition coefficient (Wildman–Crippen LogP) is 3.82. The number of carbonyl (C=O) groups is 2. The third kappa shape index (κ3) is 10.9. The summed E-state index contributed by atoms with van der Waals surface area (Å²) in [5.41, 5.74) is 0.178. The van der Waals surface area contributed by atoms with Crippen LogP contribution in [0.3, 0.4) is 0 Å². The second kappa shape index (κ2) is 17.3. The van der Waals surface area contributed by atoms with Gasteiger partial charge in [0.05, 0.1) is 42.8 Å². The van der Waals surface area contributed by atoms with E-state index in [1.807, 2.05) is 26.0 Å². The first kappa shape index (κ1) is 39.4. The topological polar surface area (TPSA) is 180 Å². The van der Waals surface area contributed by atoms with Crippen molar-refractivity contribution in [1.82, 2.24) is 14.9 Å². The molecule has 2 aromatic rings. The van der Waals surface area contributed by atoms with Gasteiger partial charge in [-0.2, -0.15) is 4.31 Å². The Bertz CT molecular complexity index is 1620. The number of hydrogen-bond acceptors (Lipinski definition) is 12. The molecule has 0 bridgehead atoms. The minimum absolute atomic E-state index is 0.000649. The average molecular weight is 750 g/mol. The summed E-state index contributed by atoms with van der Waals surface area (Å²) >= 11 is 0. The van der Waals surface area contributed by atoms with Crippen molar-refractivity contribution in [3.05, 3.63) is 48.0 Å². The van der Waals surface area contributed by atoms with Gasteiger partial charge in [-0.3, -0.25) is 0 Å². The third-order valence-electron chi connectivity index (χ3n) is 8.59. The zero-order valence-corrected chi connectivity index (χ0v) is 31.2.